The van der Waals surface area contributed by atoms with Crippen molar-refractivity contribution in [2.24, 2.45) is 11.8 Å². The number of Topliss-reactive ketones (excluding diaryl/α,β-unsaturated/α-hetero) is 1. The number of ketones is 1. The number of unbranched alkanes of at least 4 members (excludes halogenated alkanes) is 1. The fourth-order valence-electron chi connectivity index (χ4n) is 2.83. The molecule has 0 aromatic rings. The number of amides is 1. The Kier molecular flexibility index (Phi) is 4.71. The van der Waals surface area contributed by atoms with Crippen molar-refractivity contribution < 1.29 is 9.59 Å². The summed E-state index contributed by atoms with van der Waals surface area (Å²) in [4.78, 5) is 22.8. The molecular formula is C14H23NO2S. The number of carbonyl (C=O) groups excluding carboxylic acids is 2. The zero-order chi connectivity index (χ0) is 13.1. The van der Waals surface area contributed by atoms with Gasteiger partial charge in [0.25, 0.3) is 0 Å². The summed E-state index contributed by atoms with van der Waals surface area (Å²) >= 11 is 2.00. The molecule has 2 rings (SSSR count). The average molecular weight is 269 g/mol. The SMILES string of the molecule is CC(C)C(=O)CCCCC1SC[C@@H]2CC(=O)N[C@H]12. The van der Waals surface area contributed by atoms with Gasteiger partial charge in [-0.25, -0.2) is 0 Å². The van der Waals surface area contributed by atoms with Crippen molar-refractivity contribution in [2.75, 3.05) is 5.75 Å². The highest BCUT2D eigenvalue weighted by Crippen LogP contribution is 2.39. The summed E-state index contributed by atoms with van der Waals surface area (Å²) in [5.41, 5.74) is 0. The zero-order valence-corrected chi connectivity index (χ0v) is 12.1. The van der Waals surface area contributed by atoms with E-state index in [1.54, 1.807) is 0 Å². The molecule has 0 radical (unpaired) electrons. The van der Waals surface area contributed by atoms with Crippen LogP contribution in [0.5, 0.6) is 0 Å². The molecule has 1 amide bonds. The van der Waals surface area contributed by atoms with E-state index in [4.69, 9.17) is 0 Å². The normalized spacial score (nSPS) is 30.6. The third-order valence-corrected chi connectivity index (χ3v) is 5.59. The predicted molar refractivity (Wildman–Crippen MR) is 74.6 cm³/mol. The summed E-state index contributed by atoms with van der Waals surface area (Å²) in [5.74, 6) is 2.46. The van der Waals surface area contributed by atoms with Crippen molar-refractivity contribution in [3.63, 3.8) is 0 Å². The molecular weight excluding hydrogens is 246 g/mol. The van der Waals surface area contributed by atoms with Crippen LogP contribution in [-0.4, -0.2) is 28.7 Å². The van der Waals surface area contributed by atoms with Crippen LogP contribution >= 0.6 is 11.8 Å². The maximum absolute atomic E-state index is 11.5. The van der Waals surface area contributed by atoms with Crippen LogP contribution in [0.3, 0.4) is 0 Å². The third-order valence-electron chi connectivity index (χ3n) is 4.01. The predicted octanol–water partition coefficient (Wildman–Crippen LogP) is 2.39. The molecule has 2 fully saturated rings. The Morgan fingerprint density at radius 3 is 2.94 bits per heavy atom. The summed E-state index contributed by atoms with van der Waals surface area (Å²) in [6.07, 6.45) is 4.68. The van der Waals surface area contributed by atoms with Gasteiger partial charge in [0.2, 0.25) is 5.91 Å². The average Bonchev–Trinajstić information content (AvgIpc) is 2.84. The molecule has 2 heterocycles. The van der Waals surface area contributed by atoms with Crippen molar-refractivity contribution in [2.45, 2.75) is 57.2 Å². The molecule has 0 aromatic carbocycles. The molecule has 1 N–H and O–H groups in total. The lowest BCUT2D eigenvalue weighted by molar-refractivity contribution is -0.122. The lowest BCUT2D eigenvalue weighted by Gasteiger charge is -2.17. The van der Waals surface area contributed by atoms with Gasteiger partial charge in [-0.05, 0) is 24.5 Å². The highest BCUT2D eigenvalue weighted by Gasteiger charge is 2.42. The molecule has 0 aromatic heterocycles. The van der Waals surface area contributed by atoms with Crippen molar-refractivity contribution in [1.82, 2.24) is 5.32 Å². The van der Waals surface area contributed by atoms with Gasteiger partial charge in [-0.3, -0.25) is 9.59 Å². The summed E-state index contributed by atoms with van der Waals surface area (Å²) in [5, 5.41) is 3.69. The van der Waals surface area contributed by atoms with Gasteiger partial charge in [-0.1, -0.05) is 20.3 Å². The Bertz CT molecular complexity index is 330. The van der Waals surface area contributed by atoms with Crippen LogP contribution in [0.1, 0.15) is 46.0 Å². The molecule has 1 unspecified atom stereocenters. The quantitative estimate of drug-likeness (QED) is 0.753. The third kappa shape index (κ3) is 3.28. The minimum Gasteiger partial charge on any atom is -0.352 e. The van der Waals surface area contributed by atoms with Crippen molar-refractivity contribution in [3.05, 3.63) is 0 Å². The second-order valence-electron chi connectivity index (χ2n) is 5.80. The number of hydrogen-bond donors (Lipinski definition) is 1. The van der Waals surface area contributed by atoms with Crippen LogP contribution in [0.2, 0.25) is 0 Å². The van der Waals surface area contributed by atoms with Crippen LogP contribution in [0.25, 0.3) is 0 Å². The highest BCUT2D eigenvalue weighted by atomic mass is 32.2. The fraction of sp³-hybridized carbons (Fsp3) is 0.857. The van der Waals surface area contributed by atoms with Crippen LogP contribution in [0, 0.1) is 11.8 Å². The first-order chi connectivity index (χ1) is 8.58. The number of fused-ring (bicyclic) bond motifs is 1. The Labute approximate surface area is 113 Å². The topological polar surface area (TPSA) is 46.2 Å². The van der Waals surface area contributed by atoms with Gasteiger partial charge >= 0.3 is 0 Å². The number of thioether (sulfide) groups is 1. The lowest BCUT2D eigenvalue weighted by Crippen LogP contribution is -2.34. The summed E-state index contributed by atoms with van der Waals surface area (Å²) < 4.78 is 0. The monoisotopic (exact) mass is 269 g/mol. The molecule has 3 nitrogen and oxygen atoms in total. The Hall–Kier alpha value is -0.510. The largest absolute Gasteiger partial charge is 0.352 e. The van der Waals surface area contributed by atoms with E-state index in [1.807, 2.05) is 25.6 Å². The second kappa shape index (κ2) is 6.09. The van der Waals surface area contributed by atoms with Gasteiger partial charge in [0.15, 0.2) is 0 Å². The van der Waals surface area contributed by atoms with Crippen LogP contribution < -0.4 is 5.32 Å². The zero-order valence-electron chi connectivity index (χ0n) is 11.3. The van der Waals surface area contributed by atoms with E-state index in [0.717, 1.165) is 37.9 Å². The molecule has 0 bridgehead atoms. The van der Waals surface area contributed by atoms with E-state index in [2.05, 4.69) is 5.32 Å². The van der Waals surface area contributed by atoms with Gasteiger partial charge < -0.3 is 5.32 Å². The summed E-state index contributed by atoms with van der Waals surface area (Å²) in [6, 6.07) is 0.406. The summed E-state index contributed by atoms with van der Waals surface area (Å²) in [7, 11) is 0. The Morgan fingerprint density at radius 2 is 2.22 bits per heavy atom. The van der Waals surface area contributed by atoms with Crippen LogP contribution in [0.4, 0.5) is 0 Å². The summed E-state index contributed by atoms with van der Waals surface area (Å²) in [6.45, 7) is 3.93. The highest BCUT2D eigenvalue weighted by molar-refractivity contribution is 8.00. The van der Waals surface area contributed by atoms with Crippen molar-refractivity contribution >= 4 is 23.5 Å². The fourth-order valence-corrected chi connectivity index (χ4v) is 4.48. The van der Waals surface area contributed by atoms with E-state index in [9.17, 15) is 9.59 Å². The lowest BCUT2D eigenvalue weighted by atomic mass is 9.96. The Morgan fingerprint density at radius 1 is 1.44 bits per heavy atom. The molecule has 102 valence electrons. The molecule has 2 aliphatic rings. The van der Waals surface area contributed by atoms with E-state index in [0.29, 0.717) is 23.0 Å². The van der Waals surface area contributed by atoms with E-state index < -0.39 is 0 Å². The van der Waals surface area contributed by atoms with Crippen molar-refractivity contribution in [3.8, 4) is 0 Å². The minimum absolute atomic E-state index is 0.171. The van der Waals surface area contributed by atoms with E-state index in [-0.39, 0.29) is 11.8 Å². The van der Waals surface area contributed by atoms with Gasteiger partial charge in [0.1, 0.15) is 5.78 Å². The first kappa shape index (κ1) is 13.9. The number of hydrogen-bond acceptors (Lipinski definition) is 3. The smallest absolute Gasteiger partial charge is 0.220 e. The first-order valence-electron chi connectivity index (χ1n) is 7.01. The molecule has 18 heavy (non-hydrogen) atoms. The van der Waals surface area contributed by atoms with E-state index in [1.165, 1.54) is 0 Å². The molecule has 2 saturated heterocycles. The van der Waals surface area contributed by atoms with Crippen LogP contribution in [0.15, 0.2) is 0 Å². The van der Waals surface area contributed by atoms with Crippen LogP contribution in [-0.2, 0) is 9.59 Å². The molecule has 4 heteroatoms. The molecule has 2 aliphatic heterocycles. The van der Waals surface area contributed by atoms with Gasteiger partial charge in [-0.15, -0.1) is 0 Å². The minimum atomic E-state index is 0.171. The first-order valence-corrected chi connectivity index (χ1v) is 8.06. The van der Waals surface area contributed by atoms with E-state index >= 15 is 0 Å². The number of rotatable bonds is 6. The molecule has 0 saturated carbocycles. The second-order valence-corrected chi connectivity index (χ2v) is 7.07. The van der Waals surface area contributed by atoms with Gasteiger partial charge in [0, 0.05) is 30.1 Å². The molecule has 0 aliphatic carbocycles. The Balaban J connectivity index is 1.66. The van der Waals surface area contributed by atoms with Gasteiger partial charge in [-0.2, -0.15) is 11.8 Å². The number of carbonyl (C=O) groups is 2. The molecule has 0 spiro atoms. The maximum atomic E-state index is 11.5. The maximum Gasteiger partial charge on any atom is 0.220 e. The standard InChI is InChI=1S/C14H23NO2S/c1-9(2)11(16)5-3-4-6-12-14-10(8-18-12)7-13(17)15-14/h9-10,12,14H,3-8H2,1-2H3,(H,15,17)/t10-,12?,14-/m0/s1. The van der Waals surface area contributed by atoms with Gasteiger partial charge in [0.05, 0.1) is 0 Å². The molecule has 3 atom stereocenters. The van der Waals surface area contributed by atoms with Crippen molar-refractivity contribution in [1.29, 1.82) is 0 Å². The number of nitrogens with one attached hydrogen (secondary N) is 1.